The predicted molar refractivity (Wildman–Crippen MR) is 68.5 cm³/mol. The van der Waals surface area contributed by atoms with Crippen molar-refractivity contribution >= 4 is 12.1 Å². The van der Waals surface area contributed by atoms with Crippen LogP contribution in [-0.4, -0.2) is 54.5 Å². The summed E-state index contributed by atoms with van der Waals surface area (Å²) in [4.78, 5) is 25.1. The van der Waals surface area contributed by atoms with Crippen LogP contribution in [0.4, 0.5) is 4.79 Å². The van der Waals surface area contributed by atoms with Gasteiger partial charge in [0.15, 0.2) is 0 Å². The van der Waals surface area contributed by atoms with E-state index in [-0.39, 0.29) is 31.0 Å². The Morgan fingerprint density at radius 2 is 1.95 bits per heavy atom. The smallest absolute Gasteiger partial charge is 0.410 e. The average Bonchev–Trinajstić information content (AvgIpc) is 2.70. The molecule has 0 spiro atoms. The first-order valence-electron chi connectivity index (χ1n) is 6.45. The van der Waals surface area contributed by atoms with Gasteiger partial charge in [0, 0.05) is 19.7 Å². The Balaban J connectivity index is 2.69. The normalized spacial score (nSPS) is 23.3. The molecular weight excluding hydrogens is 250 g/mol. The van der Waals surface area contributed by atoms with Gasteiger partial charge in [-0.3, -0.25) is 4.79 Å². The van der Waals surface area contributed by atoms with Crippen LogP contribution >= 0.6 is 0 Å². The largest absolute Gasteiger partial charge is 0.469 e. The molecule has 1 fully saturated rings. The molecule has 110 valence electrons. The summed E-state index contributed by atoms with van der Waals surface area (Å²) in [5, 5.41) is 9.02. The molecule has 1 heterocycles. The van der Waals surface area contributed by atoms with Gasteiger partial charge in [-0.05, 0) is 33.1 Å². The number of esters is 1. The van der Waals surface area contributed by atoms with E-state index in [1.165, 1.54) is 12.0 Å². The van der Waals surface area contributed by atoms with E-state index in [0.717, 1.165) is 0 Å². The fourth-order valence-electron chi connectivity index (χ4n) is 2.22. The molecular formula is C13H23NO5. The minimum absolute atomic E-state index is 0.0136. The molecule has 0 unspecified atom stereocenters. The van der Waals surface area contributed by atoms with Crippen LogP contribution in [0, 0.1) is 11.8 Å². The second-order valence-corrected chi connectivity index (χ2v) is 5.79. The van der Waals surface area contributed by atoms with Crippen molar-refractivity contribution in [1.29, 1.82) is 0 Å². The van der Waals surface area contributed by atoms with E-state index in [2.05, 4.69) is 0 Å². The number of methoxy groups -OCH3 is 1. The van der Waals surface area contributed by atoms with Crippen LogP contribution in [0.5, 0.6) is 0 Å². The molecule has 2 atom stereocenters. The van der Waals surface area contributed by atoms with Crippen molar-refractivity contribution in [3.63, 3.8) is 0 Å². The zero-order valence-electron chi connectivity index (χ0n) is 12.0. The molecule has 0 aromatic heterocycles. The highest BCUT2D eigenvalue weighted by Gasteiger charge is 2.41. The van der Waals surface area contributed by atoms with Crippen molar-refractivity contribution in [2.24, 2.45) is 11.8 Å². The second kappa shape index (κ2) is 6.23. The highest BCUT2D eigenvalue weighted by Crippen LogP contribution is 2.28. The van der Waals surface area contributed by atoms with Crippen molar-refractivity contribution in [3.8, 4) is 0 Å². The summed E-state index contributed by atoms with van der Waals surface area (Å²) in [7, 11) is 1.33. The first-order valence-corrected chi connectivity index (χ1v) is 6.45. The van der Waals surface area contributed by atoms with Crippen LogP contribution in [0.1, 0.15) is 27.2 Å². The number of aliphatic hydroxyl groups excluding tert-OH is 1. The number of amides is 1. The third kappa shape index (κ3) is 4.38. The Kier molecular flexibility index (Phi) is 5.17. The van der Waals surface area contributed by atoms with Gasteiger partial charge in [0.2, 0.25) is 0 Å². The number of ether oxygens (including phenoxy) is 2. The minimum Gasteiger partial charge on any atom is -0.469 e. The lowest BCUT2D eigenvalue weighted by atomic mass is 9.93. The number of nitrogens with zero attached hydrogens (tertiary/aromatic N) is 1. The van der Waals surface area contributed by atoms with E-state index in [1.54, 1.807) is 20.8 Å². The zero-order valence-corrected chi connectivity index (χ0v) is 12.0. The van der Waals surface area contributed by atoms with E-state index in [1.807, 2.05) is 0 Å². The van der Waals surface area contributed by atoms with E-state index < -0.39 is 11.7 Å². The van der Waals surface area contributed by atoms with Gasteiger partial charge < -0.3 is 19.5 Å². The van der Waals surface area contributed by atoms with E-state index in [4.69, 9.17) is 14.6 Å². The molecule has 6 nitrogen and oxygen atoms in total. The first kappa shape index (κ1) is 15.8. The van der Waals surface area contributed by atoms with Gasteiger partial charge in [-0.15, -0.1) is 0 Å². The molecule has 6 heteroatoms. The van der Waals surface area contributed by atoms with Gasteiger partial charge in [-0.2, -0.15) is 0 Å². The van der Waals surface area contributed by atoms with Crippen molar-refractivity contribution < 1.29 is 24.2 Å². The molecule has 0 aliphatic carbocycles. The molecule has 0 bridgehead atoms. The van der Waals surface area contributed by atoms with Crippen LogP contribution < -0.4 is 0 Å². The number of carbonyl (C=O) groups excluding carboxylic acids is 2. The summed E-state index contributed by atoms with van der Waals surface area (Å²) >= 11 is 0. The van der Waals surface area contributed by atoms with Crippen LogP contribution in [0.2, 0.25) is 0 Å². The number of carbonyl (C=O) groups is 2. The van der Waals surface area contributed by atoms with Gasteiger partial charge in [0.05, 0.1) is 13.0 Å². The summed E-state index contributed by atoms with van der Waals surface area (Å²) < 4.78 is 10.0. The highest BCUT2D eigenvalue weighted by molar-refractivity contribution is 5.76. The fraction of sp³-hybridized carbons (Fsp3) is 0.846. The van der Waals surface area contributed by atoms with Crippen LogP contribution in [0.15, 0.2) is 0 Å². The Labute approximate surface area is 113 Å². The van der Waals surface area contributed by atoms with Gasteiger partial charge in [-0.1, -0.05) is 0 Å². The summed E-state index contributed by atoms with van der Waals surface area (Å²) in [5.74, 6) is -0.806. The molecule has 1 amide bonds. The van der Waals surface area contributed by atoms with Crippen molar-refractivity contribution in [2.75, 3.05) is 26.8 Å². The van der Waals surface area contributed by atoms with Gasteiger partial charge in [0.25, 0.3) is 0 Å². The van der Waals surface area contributed by atoms with Gasteiger partial charge in [-0.25, -0.2) is 4.79 Å². The predicted octanol–water partition coefficient (Wildman–Crippen LogP) is 1.02. The van der Waals surface area contributed by atoms with Crippen molar-refractivity contribution in [3.05, 3.63) is 0 Å². The first-order chi connectivity index (χ1) is 8.78. The van der Waals surface area contributed by atoms with E-state index in [9.17, 15) is 9.59 Å². The number of hydrogen-bond acceptors (Lipinski definition) is 5. The van der Waals surface area contributed by atoms with Crippen molar-refractivity contribution in [2.45, 2.75) is 32.8 Å². The average molecular weight is 273 g/mol. The Morgan fingerprint density at radius 1 is 1.32 bits per heavy atom. The van der Waals surface area contributed by atoms with Crippen LogP contribution in [0.3, 0.4) is 0 Å². The maximum Gasteiger partial charge on any atom is 0.410 e. The topological polar surface area (TPSA) is 76.1 Å². The van der Waals surface area contributed by atoms with Crippen LogP contribution in [-0.2, 0) is 14.3 Å². The summed E-state index contributed by atoms with van der Waals surface area (Å²) in [5.41, 5.74) is -0.563. The summed E-state index contributed by atoms with van der Waals surface area (Å²) in [6.45, 7) is 6.07. The Bertz CT molecular complexity index is 336. The lowest BCUT2D eigenvalue weighted by Gasteiger charge is -2.24. The zero-order chi connectivity index (χ0) is 14.6. The van der Waals surface area contributed by atoms with Gasteiger partial charge >= 0.3 is 12.1 Å². The minimum atomic E-state index is -0.563. The summed E-state index contributed by atoms with van der Waals surface area (Å²) in [6.07, 6.45) is 0.0424. The van der Waals surface area contributed by atoms with E-state index >= 15 is 0 Å². The Hall–Kier alpha value is -1.30. The molecule has 1 N–H and O–H groups in total. The number of hydrogen-bond donors (Lipinski definition) is 1. The molecule has 1 saturated heterocycles. The van der Waals surface area contributed by atoms with Gasteiger partial charge in [0.1, 0.15) is 5.60 Å². The van der Waals surface area contributed by atoms with E-state index in [0.29, 0.717) is 13.0 Å². The number of aliphatic hydroxyl groups is 1. The number of rotatable bonds is 3. The Morgan fingerprint density at radius 3 is 2.42 bits per heavy atom. The quantitative estimate of drug-likeness (QED) is 0.777. The lowest BCUT2D eigenvalue weighted by molar-refractivity contribution is -0.146. The molecule has 0 radical (unpaired) electrons. The number of likely N-dealkylation sites (tertiary alicyclic amines) is 1. The third-order valence-corrected chi connectivity index (χ3v) is 3.10. The maximum atomic E-state index is 12.0. The fourth-order valence-corrected chi connectivity index (χ4v) is 2.22. The molecule has 1 rings (SSSR count). The van der Waals surface area contributed by atoms with Crippen LogP contribution in [0.25, 0.3) is 0 Å². The lowest BCUT2D eigenvalue weighted by Crippen LogP contribution is -2.36. The monoisotopic (exact) mass is 273 g/mol. The molecule has 0 aromatic carbocycles. The molecule has 0 aromatic rings. The summed E-state index contributed by atoms with van der Waals surface area (Å²) in [6, 6.07) is 0. The standard InChI is InChI=1S/C13H23NO5/c1-13(2,3)19-12(17)14-7-9(5-6-15)10(8-14)11(16)18-4/h9-10,15H,5-8H2,1-4H3/t9-,10+/m1/s1. The molecule has 0 saturated carbocycles. The van der Waals surface area contributed by atoms with Crippen molar-refractivity contribution in [1.82, 2.24) is 4.90 Å². The maximum absolute atomic E-state index is 12.0. The second-order valence-electron chi connectivity index (χ2n) is 5.79. The third-order valence-electron chi connectivity index (χ3n) is 3.10. The molecule has 1 aliphatic rings. The highest BCUT2D eigenvalue weighted by atomic mass is 16.6. The SMILES string of the molecule is COC(=O)[C@H]1CN(C(=O)OC(C)(C)C)C[C@H]1CCO. The molecule has 1 aliphatic heterocycles. The molecule has 19 heavy (non-hydrogen) atoms.